The summed E-state index contributed by atoms with van der Waals surface area (Å²) in [6.45, 7) is 2.24. The lowest BCUT2D eigenvalue weighted by Gasteiger charge is -2.11. The molecule has 19 heavy (non-hydrogen) atoms. The Morgan fingerprint density at radius 1 is 1.37 bits per heavy atom. The Morgan fingerprint density at radius 2 is 2.11 bits per heavy atom. The van der Waals surface area contributed by atoms with E-state index in [4.69, 9.17) is 14.3 Å². The van der Waals surface area contributed by atoms with E-state index in [-0.39, 0.29) is 11.9 Å². The third kappa shape index (κ3) is 3.45. The van der Waals surface area contributed by atoms with Crippen molar-refractivity contribution in [1.29, 1.82) is 0 Å². The number of hydrogen-bond acceptors (Lipinski definition) is 3. The number of carbonyl (C=O) groups is 1. The molecule has 1 atom stereocenters. The van der Waals surface area contributed by atoms with Gasteiger partial charge in [-0.1, -0.05) is 34.1 Å². The van der Waals surface area contributed by atoms with Gasteiger partial charge in [0.25, 0.3) is 0 Å². The molecule has 2 rings (SSSR count). The van der Waals surface area contributed by atoms with Crippen molar-refractivity contribution in [1.82, 2.24) is 0 Å². The minimum Gasteiger partial charge on any atom is -0.475 e. The maximum absolute atomic E-state index is 10.7. The average molecular weight is 325 g/mol. The number of rotatable bonds is 5. The molecule has 2 aromatic rings. The van der Waals surface area contributed by atoms with Crippen LogP contribution in [0.5, 0.6) is 0 Å². The first-order chi connectivity index (χ1) is 9.08. The molecule has 0 bridgehead atoms. The van der Waals surface area contributed by atoms with Gasteiger partial charge in [0.1, 0.15) is 11.9 Å². The third-order valence-electron chi connectivity index (χ3n) is 2.68. The second kappa shape index (κ2) is 6.04. The van der Waals surface area contributed by atoms with Crippen molar-refractivity contribution < 1.29 is 19.1 Å². The first-order valence-electron chi connectivity index (χ1n) is 5.76. The lowest BCUT2D eigenvalue weighted by Crippen LogP contribution is -2.00. The SMILES string of the molecule is CC(OCc1ccccc1Br)c1ccc(C(=O)O)o1. The van der Waals surface area contributed by atoms with Crippen LogP contribution < -0.4 is 0 Å². The van der Waals surface area contributed by atoms with E-state index < -0.39 is 5.97 Å². The number of benzene rings is 1. The van der Waals surface area contributed by atoms with Crippen LogP contribution in [-0.2, 0) is 11.3 Å². The highest BCUT2D eigenvalue weighted by Crippen LogP contribution is 2.23. The summed E-state index contributed by atoms with van der Waals surface area (Å²) >= 11 is 3.44. The molecule has 0 aliphatic rings. The molecule has 0 radical (unpaired) electrons. The summed E-state index contributed by atoms with van der Waals surface area (Å²) in [6, 6.07) is 10.8. The Morgan fingerprint density at radius 3 is 2.74 bits per heavy atom. The van der Waals surface area contributed by atoms with E-state index in [0.29, 0.717) is 12.4 Å². The molecule has 1 N–H and O–H groups in total. The predicted molar refractivity (Wildman–Crippen MR) is 73.0 cm³/mol. The van der Waals surface area contributed by atoms with Gasteiger partial charge in [-0.25, -0.2) is 4.79 Å². The molecule has 0 saturated carbocycles. The standard InChI is InChI=1S/C14H13BrO4/c1-9(12-6-7-13(19-12)14(16)17)18-8-10-4-2-3-5-11(10)15/h2-7,9H,8H2,1H3,(H,16,17). The molecule has 1 unspecified atom stereocenters. The molecule has 0 spiro atoms. The van der Waals surface area contributed by atoms with Crippen molar-refractivity contribution in [3.8, 4) is 0 Å². The van der Waals surface area contributed by atoms with E-state index in [1.165, 1.54) is 6.07 Å². The molecule has 0 amide bonds. The summed E-state index contributed by atoms with van der Waals surface area (Å²) in [4.78, 5) is 10.7. The van der Waals surface area contributed by atoms with Crippen molar-refractivity contribution in [3.63, 3.8) is 0 Å². The number of aromatic carboxylic acids is 1. The predicted octanol–water partition coefficient (Wildman–Crippen LogP) is 4.02. The Kier molecular flexibility index (Phi) is 4.39. The van der Waals surface area contributed by atoms with Gasteiger partial charge in [0.05, 0.1) is 6.61 Å². The summed E-state index contributed by atoms with van der Waals surface area (Å²) in [5, 5.41) is 8.78. The van der Waals surface area contributed by atoms with Crippen molar-refractivity contribution in [3.05, 3.63) is 58.0 Å². The van der Waals surface area contributed by atoms with E-state index in [0.717, 1.165) is 10.0 Å². The lowest BCUT2D eigenvalue weighted by molar-refractivity contribution is 0.0358. The number of hydrogen-bond donors (Lipinski definition) is 1. The first kappa shape index (κ1) is 13.8. The van der Waals surface area contributed by atoms with Crippen LogP contribution in [0, 0.1) is 0 Å². The molecule has 5 heteroatoms. The van der Waals surface area contributed by atoms with Gasteiger partial charge in [0.2, 0.25) is 5.76 Å². The fraction of sp³-hybridized carbons (Fsp3) is 0.214. The Labute approximate surface area is 119 Å². The molecule has 0 aliphatic carbocycles. The van der Waals surface area contributed by atoms with Crippen LogP contribution in [0.25, 0.3) is 0 Å². The van der Waals surface area contributed by atoms with Crippen molar-refractivity contribution in [2.45, 2.75) is 19.6 Å². The molecule has 0 saturated heterocycles. The molecule has 0 fully saturated rings. The molecule has 1 aromatic carbocycles. The summed E-state index contributed by atoms with van der Waals surface area (Å²) < 4.78 is 11.8. The fourth-order valence-corrected chi connectivity index (χ4v) is 2.00. The maximum atomic E-state index is 10.7. The Bertz CT molecular complexity index is 576. The smallest absolute Gasteiger partial charge is 0.371 e. The van der Waals surface area contributed by atoms with Crippen molar-refractivity contribution in [2.75, 3.05) is 0 Å². The average Bonchev–Trinajstić information content (AvgIpc) is 2.87. The minimum atomic E-state index is -1.08. The second-order valence-electron chi connectivity index (χ2n) is 4.05. The van der Waals surface area contributed by atoms with Crippen LogP contribution in [0.2, 0.25) is 0 Å². The van der Waals surface area contributed by atoms with Crippen LogP contribution in [0.1, 0.15) is 34.9 Å². The number of carboxylic acid groups (broad SMARTS) is 1. The first-order valence-corrected chi connectivity index (χ1v) is 6.55. The highest BCUT2D eigenvalue weighted by atomic mass is 79.9. The number of halogens is 1. The van der Waals surface area contributed by atoms with E-state index in [1.54, 1.807) is 6.07 Å². The van der Waals surface area contributed by atoms with Gasteiger partial charge in [-0.05, 0) is 30.7 Å². The van der Waals surface area contributed by atoms with Crippen LogP contribution in [-0.4, -0.2) is 11.1 Å². The minimum absolute atomic E-state index is 0.0775. The summed E-state index contributed by atoms with van der Waals surface area (Å²) in [7, 11) is 0. The van der Waals surface area contributed by atoms with Gasteiger partial charge >= 0.3 is 5.97 Å². The van der Waals surface area contributed by atoms with Gasteiger partial charge in [-0.2, -0.15) is 0 Å². The van der Waals surface area contributed by atoms with Gasteiger partial charge in [0.15, 0.2) is 0 Å². The molecular weight excluding hydrogens is 312 g/mol. The molecule has 1 heterocycles. The normalized spacial score (nSPS) is 12.3. The van der Waals surface area contributed by atoms with E-state index in [1.807, 2.05) is 31.2 Å². The number of furan rings is 1. The highest BCUT2D eigenvalue weighted by Gasteiger charge is 2.14. The largest absolute Gasteiger partial charge is 0.475 e. The van der Waals surface area contributed by atoms with E-state index >= 15 is 0 Å². The van der Waals surface area contributed by atoms with Gasteiger partial charge < -0.3 is 14.3 Å². The molecule has 100 valence electrons. The summed E-state index contributed by atoms with van der Waals surface area (Å²) in [6.07, 6.45) is -0.305. The van der Waals surface area contributed by atoms with Crippen LogP contribution >= 0.6 is 15.9 Å². The molecule has 1 aromatic heterocycles. The van der Waals surface area contributed by atoms with E-state index in [9.17, 15) is 4.79 Å². The quantitative estimate of drug-likeness (QED) is 0.902. The van der Waals surface area contributed by atoms with E-state index in [2.05, 4.69) is 15.9 Å². The topological polar surface area (TPSA) is 59.7 Å². The Balaban J connectivity index is 1.99. The third-order valence-corrected chi connectivity index (χ3v) is 3.46. The zero-order valence-electron chi connectivity index (χ0n) is 10.3. The molecule has 4 nitrogen and oxygen atoms in total. The van der Waals surface area contributed by atoms with Gasteiger partial charge in [0, 0.05) is 4.47 Å². The lowest BCUT2D eigenvalue weighted by atomic mass is 10.2. The van der Waals surface area contributed by atoms with Crippen molar-refractivity contribution >= 4 is 21.9 Å². The van der Waals surface area contributed by atoms with Crippen molar-refractivity contribution in [2.24, 2.45) is 0 Å². The Hall–Kier alpha value is -1.59. The number of carboxylic acids is 1. The van der Waals surface area contributed by atoms with Crippen LogP contribution in [0.3, 0.4) is 0 Å². The maximum Gasteiger partial charge on any atom is 0.371 e. The fourth-order valence-electron chi connectivity index (χ4n) is 1.60. The monoisotopic (exact) mass is 324 g/mol. The molecule has 0 aliphatic heterocycles. The second-order valence-corrected chi connectivity index (χ2v) is 4.91. The summed E-state index contributed by atoms with van der Waals surface area (Å²) in [5.41, 5.74) is 1.03. The van der Waals surface area contributed by atoms with Crippen LogP contribution in [0.4, 0.5) is 0 Å². The summed E-state index contributed by atoms with van der Waals surface area (Å²) in [5.74, 6) is -0.653. The zero-order valence-corrected chi connectivity index (χ0v) is 11.9. The zero-order chi connectivity index (χ0) is 13.8. The molecular formula is C14H13BrO4. The van der Waals surface area contributed by atoms with Gasteiger partial charge in [-0.15, -0.1) is 0 Å². The van der Waals surface area contributed by atoms with Gasteiger partial charge in [-0.3, -0.25) is 0 Å². The number of ether oxygens (including phenoxy) is 1. The highest BCUT2D eigenvalue weighted by molar-refractivity contribution is 9.10. The van der Waals surface area contributed by atoms with Crippen LogP contribution in [0.15, 0.2) is 45.3 Å².